The van der Waals surface area contributed by atoms with Crippen LogP contribution in [0.15, 0.2) is 66.7 Å². The standard InChI is InChI=1S/C55H88BCl3NO3/c1-5-8-11-14-17-20-23-26-29-32-45-60(4,46-33-30-27-24-21-18-15-12-9-6-2)54(34-31-28-25-22-19-16-13-10-7-3)53-47-50(59)39-44-55(53)63-56(61-51-40-35-48(57)36-41-51)62-52-42-37-49(58)38-43-52/h35-44,47,54H,5-34,45-46H2,1-4H3/q+1. The summed E-state index contributed by atoms with van der Waals surface area (Å²) in [5, 5.41) is 2.01. The fourth-order valence-corrected chi connectivity index (χ4v) is 9.54. The minimum absolute atomic E-state index is 0.215. The third-order valence-corrected chi connectivity index (χ3v) is 13.8. The summed E-state index contributed by atoms with van der Waals surface area (Å²) in [7, 11) is 1.47. The van der Waals surface area contributed by atoms with Crippen LogP contribution < -0.4 is 14.0 Å². The van der Waals surface area contributed by atoms with E-state index < -0.39 is 7.32 Å². The van der Waals surface area contributed by atoms with Crippen molar-refractivity contribution < 1.29 is 18.4 Å². The zero-order valence-electron chi connectivity index (χ0n) is 40.4. The van der Waals surface area contributed by atoms with Crippen LogP contribution in [0.5, 0.6) is 17.2 Å². The molecule has 0 N–H and O–H groups in total. The first-order valence-corrected chi connectivity index (χ1v) is 27.1. The van der Waals surface area contributed by atoms with Crippen LogP contribution in [0.3, 0.4) is 0 Å². The minimum atomic E-state index is -1.07. The van der Waals surface area contributed by atoms with Crippen LogP contribution in [0.4, 0.5) is 0 Å². The summed E-state index contributed by atoms with van der Waals surface area (Å²) in [6.45, 7) is 9.19. The molecule has 3 aromatic carbocycles. The van der Waals surface area contributed by atoms with Crippen molar-refractivity contribution in [3.63, 3.8) is 0 Å². The molecule has 1 unspecified atom stereocenters. The van der Waals surface area contributed by atoms with E-state index in [1.807, 2.05) is 60.7 Å². The van der Waals surface area contributed by atoms with Gasteiger partial charge in [-0.25, -0.2) is 0 Å². The van der Waals surface area contributed by atoms with Gasteiger partial charge in [0.05, 0.1) is 25.7 Å². The molecule has 0 spiro atoms. The first-order valence-electron chi connectivity index (χ1n) is 25.9. The van der Waals surface area contributed by atoms with Crippen LogP contribution >= 0.6 is 34.8 Å². The molecule has 1 atom stereocenters. The highest BCUT2D eigenvalue weighted by molar-refractivity contribution is 6.39. The highest BCUT2D eigenvalue weighted by Gasteiger charge is 2.38. The first kappa shape index (κ1) is 55.3. The Hall–Kier alpha value is -2.05. The van der Waals surface area contributed by atoms with Crippen LogP contribution in [0, 0.1) is 0 Å². The number of quaternary nitrogens is 1. The van der Waals surface area contributed by atoms with Gasteiger partial charge in [0.2, 0.25) is 0 Å². The molecule has 354 valence electrons. The van der Waals surface area contributed by atoms with Crippen molar-refractivity contribution in [3.8, 4) is 17.2 Å². The fourth-order valence-electron chi connectivity index (χ4n) is 9.11. The summed E-state index contributed by atoms with van der Waals surface area (Å²) in [4.78, 5) is 0. The predicted molar refractivity (Wildman–Crippen MR) is 276 cm³/mol. The van der Waals surface area contributed by atoms with Crippen molar-refractivity contribution in [1.82, 2.24) is 0 Å². The number of hydrogen-bond donors (Lipinski definition) is 0. The Balaban J connectivity index is 1.88. The van der Waals surface area contributed by atoms with Crippen molar-refractivity contribution in [2.45, 2.75) is 219 Å². The zero-order chi connectivity index (χ0) is 45.2. The van der Waals surface area contributed by atoms with Crippen molar-refractivity contribution in [1.29, 1.82) is 0 Å². The fraction of sp³-hybridized carbons (Fsp3) is 0.673. The van der Waals surface area contributed by atoms with Gasteiger partial charge in [-0.2, -0.15) is 0 Å². The summed E-state index contributed by atoms with van der Waals surface area (Å²) < 4.78 is 20.7. The summed E-state index contributed by atoms with van der Waals surface area (Å²) in [5.41, 5.74) is 1.15. The quantitative estimate of drug-likeness (QED) is 0.0323. The Labute approximate surface area is 402 Å². The molecule has 8 heteroatoms. The lowest BCUT2D eigenvalue weighted by Gasteiger charge is -2.43. The Morgan fingerprint density at radius 1 is 0.413 bits per heavy atom. The molecule has 0 fully saturated rings. The highest BCUT2D eigenvalue weighted by Crippen LogP contribution is 2.40. The normalized spacial score (nSPS) is 12.1. The zero-order valence-corrected chi connectivity index (χ0v) is 42.7. The third kappa shape index (κ3) is 24.9. The number of hydrogen-bond acceptors (Lipinski definition) is 3. The summed E-state index contributed by atoms with van der Waals surface area (Å²) >= 11 is 19.5. The minimum Gasteiger partial charge on any atom is -0.490 e. The van der Waals surface area contributed by atoms with Gasteiger partial charge in [0.15, 0.2) is 0 Å². The number of benzene rings is 3. The Bertz CT molecular complexity index is 1470. The molecule has 0 aliphatic carbocycles. The SMILES string of the molecule is CCCCCCCCCCCC[N+](C)(CCCCCCCCCCCC)C(CCCCCCCCCCC)c1cc(Cl)ccc1OB(Oc1ccc(Cl)cc1)Oc1ccc(Cl)cc1. The molecular weight excluding hydrogens is 840 g/mol. The van der Waals surface area contributed by atoms with Crippen LogP contribution in [0.1, 0.15) is 225 Å². The topological polar surface area (TPSA) is 27.7 Å². The van der Waals surface area contributed by atoms with Gasteiger partial charge >= 0.3 is 7.32 Å². The van der Waals surface area contributed by atoms with E-state index in [9.17, 15) is 0 Å². The smallest absolute Gasteiger partial charge is 0.490 e. The number of halogens is 3. The van der Waals surface area contributed by atoms with Crippen molar-refractivity contribution in [2.24, 2.45) is 0 Å². The molecule has 0 aliphatic rings. The lowest BCUT2D eigenvalue weighted by atomic mass is 9.93. The molecule has 0 heterocycles. The molecule has 0 saturated carbocycles. The van der Waals surface area contributed by atoms with E-state index >= 15 is 0 Å². The van der Waals surface area contributed by atoms with Crippen LogP contribution in [0.2, 0.25) is 15.1 Å². The largest absolute Gasteiger partial charge is 0.864 e. The van der Waals surface area contributed by atoms with Gasteiger partial charge in [-0.3, -0.25) is 0 Å². The summed E-state index contributed by atoms with van der Waals surface area (Å²) in [6, 6.07) is 21.0. The molecule has 0 aliphatic heterocycles. The molecule has 0 aromatic heterocycles. The van der Waals surface area contributed by atoms with Gasteiger partial charge in [0.25, 0.3) is 0 Å². The van der Waals surface area contributed by atoms with E-state index in [-0.39, 0.29) is 6.04 Å². The van der Waals surface area contributed by atoms with E-state index in [4.69, 9.17) is 48.8 Å². The molecule has 63 heavy (non-hydrogen) atoms. The van der Waals surface area contributed by atoms with Crippen molar-refractivity contribution in [3.05, 3.63) is 87.4 Å². The first-order chi connectivity index (χ1) is 30.8. The summed E-state index contributed by atoms with van der Waals surface area (Å²) in [5.74, 6) is 1.95. The molecule has 0 bridgehead atoms. The van der Waals surface area contributed by atoms with Gasteiger partial charge in [0.1, 0.15) is 23.3 Å². The van der Waals surface area contributed by atoms with Crippen molar-refractivity contribution in [2.75, 3.05) is 20.1 Å². The molecule has 3 rings (SSSR count). The van der Waals surface area contributed by atoms with E-state index in [0.717, 1.165) is 40.3 Å². The molecule has 0 saturated heterocycles. The monoisotopic (exact) mass is 927 g/mol. The molecule has 0 radical (unpaired) electrons. The molecule has 3 aromatic rings. The maximum Gasteiger partial charge on any atom is 0.864 e. The predicted octanol–water partition coefficient (Wildman–Crippen LogP) is 19.4. The van der Waals surface area contributed by atoms with Crippen LogP contribution in [-0.2, 0) is 0 Å². The third-order valence-electron chi connectivity index (χ3n) is 13.0. The van der Waals surface area contributed by atoms with Gasteiger partial charge in [-0.05, 0) is 98.8 Å². The number of nitrogens with zero attached hydrogens (tertiary/aromatic N) is 1. The van der Waals surface area contributed by atoms with E-state index in [1.54, 1.807) is 0 Å². The Kier molecular flexibility index (Phi) is 30.9. The average Bonchev–Trinajstić information content (AvgIpc) is 3.28. The number of rotatable bonds is 40. The molecule has 4 nitrogen and oxygen atoms in total. The molecule has 0 amide bonds. The van der Waals surface area contributed by atoms with Gasteiger partial charge in [-0.15, -0.1) is 0 Å². The van der Waals surface area contributed by atoms with E-state index in [0.29, 0.717) is 21.5 Å². The van der Waals surface area contributed by atoms with Gasteiger partial charge in [0, 0.05) is 21.5 Å². The maximum absolute atomic E-state index is 6.97. The lowest BCUT2D eigenvalue weighted by Crippen LogP contribution is -2.49. The van der Waals surface area contributed by atoms with Crippen molar-refractivity contribution >= 4 is 42.1 Å². The number of unbranched alkanes of at least 4 members (excludes halogenated alkanes) is 26. The maximum atomic E-state index is 6.97. The highest BCUT2D eigenvalue weighted by atomic mass is 35.5. The van der Waals surface area contributed by atoms with Crippen LogP contribution in [0.25, 0.3) is 0 Å². The second kappa shape index (κ2) is 35.2. The van der Waals surface area contributed by atoms with Gasteiger partial charge < -0.3 is 18.4 Å². The van der Waals surface area contributed by atoms with Gasteiger partial charge in [-0.1, -0.05) is 210 Å². The Morgan fingerprint density at radius 3 is 1.13 bits per heavy atom. The lowest BCUT2D eigenvalue weighted by molar-refractivity contribution is -0.940. The molecular formula is C55H88BCl3NO3+. The van der Waals surface area contributed by atoms with E-state index in [1.165, 1.54) is 186 Å². The second-order valence-electron chi connectivity index (χ2n) is 18.7. The van der Waals surface area contributed by atoms with E-state index in [2.05, 4.69) is 33.9 Å². The van der Waals surface area contributed by atoms with Crippen LogP contribution in [-0.4, -0.2) is 31.9 Å². The second-order valence-corrected chi connectivity index (χ2v) is 20.0. The average molecular weight is 928 g/mol. The summed E-state index contributed by atoms with van der Waals surface area (Å²) in [6.07, 6.45) is 39.7. The Morgan fingerprint density at radius 2 is 0.746 bits per heavy atom.